The summed E-state index contributed by atoms with van der Waals surface area (Å²) in [6.45, 7) is 4.06. The van der Waals surface area contributed by atoms with E-state index in [2.05, 4.69) is 42.3 Å². The van der Waals surface area contributed by atoms with E-state index in [0.717, 1.165) is 26.4 Å². The third-order valence-corrected chi connectivity index (χ3v) is 7.58. The minimum Gasteiger partial charge on any atom is -0.324 e. The summed E-state index contributed by atoms with van der Waals surface area (Å²) >= 11 is 2.91. The van der Waals surface area contributed by atoms with Crippen molar-refractivity contribution in [3.05, 3.63) is 82.4 Å². The monoisotopic (exact) mass is 486 g/mol. The molecule has 6 nitrogen and oxygen atoms in total. The van der Waals surface area contributed by atoms with Gasteiger partial charge in [-0.1, -0.05) is 18.2 Å². The van der Waals surface area contributed by atoms with Crippen molar-refractivity contribution in [3.63, 3.8) is 0 Å². The summed E-state index contributed by atoms with van der Waals surface area (Å²) in [6, 6.07) is 17.8. The Hall–Kier alpha value is -3.49. The number of carbonyl (C=O) groups excluding carboxylic acids is 1. The number of carbonyl (C=O) groups is 1. The molecule has 0 bridgehead atoms. The van der Waals surface area contributed by atoms with E-state index in [4.69, 9.17) is 4.98 Å². The average Bonchev–Trinajstić information content (AvgIpc) is 3.21. The summed E-state index contributed by atoms with van der Waals surface area (Å²) in [7, 11) is 0. The zero-order chi connectivity index (χ0) is 23.8. The second-order valence-electron chi connectivity index (χ2n) is 8.09. The summed E-state index contributed by atoms with van der Waals surface area (Å²) in [5.74, 6) is -0.280. The van der Waals surface area contributed by atoms with Crippen LogP contribution in [0.5, 0.6) is 0 Å². The fourth-order valence-electron chi connectivity index (χ4n) is 3.78. The number of rotatable bonds is 5. The third kappa shape index (κ3) is 4.22. The summed E-state index contributed by atoms with van der Waals surface area (Å²) in [5.41, 5.74) is 5.41. The number of thioether (sulfide) groups is 1. The number of pyridine rings is 1. The number of nitrogens with zero attached hydrogens (tertiary/aromatic N) is 3. The van der Waals surface area contributed by atoms with Crippen molar-refractivity contribution in [2.45, 2.75) is 25.3 Å². The van der Waals surface area contributed by atoms with E-state index in [0.29, 0.717) is 15.9 Å². The lowest BCUT2D eigenvalue weighted by molar-refractivity contribution is -0.116. The van der Waals surface area contributed by atoms with Gasteiger partial charge in [-0.05, 0) is 67.6 Å². The maximum atomic E-state index is 13.1. The minimum absolute atomic E-state index is 0.110. The molecular formula is C26H22N4O2S2. The smallest absolute Gasteiger partial charge is 0.271 e. The molecule has 5 rings (SSSR count). The molecule has 34 heavy (non-hydrogen) atoms. The van der Waals surface area contributed by atoms with Crippen LogP contribution >= 0.6 is 23.1 Å². The number of fused-ring (bicyclic) bond motifs is 3. The zero-order valence-electron chi connectivity index (χ0n) is 19.0. The Bertz CT molecular complexity index is 1620. The van der Waals surface area contributed by atoms with Gasteiger partial charge in [0, 0.05) is 21.5 Å². The standard InChI is InChI=1S/C26H22N4O2S2/c1-15-7-8-17(11-16(15)2)21-10-9-20-23-24(34-25(20)29-21)26(32)30(14-27-23)13-22(31)28-18-5-4-6-19(12-18)33-3/h4-12,14H,13H2,1-3H3,(H,28,31). The van der Waals surface area contributed by atoms with Crippen LogP contribution in [0.2, 0.25) is 0 Å². The van der Waals surface area contributed by atoms with Crippen LogP contribution in [0.4, 0.5) is 5.69 Å². The lowest BCUT2D eigenvalue weighted by Crippen LogP contribution is -2.27. The lowest BCUT2D eigenvalue weighted by atomic mass is 10.0. The van der Waals surface area contributed by atoms with Gasteiger partial charge in [0.05, 0.1) is 17.5 Å². The number of benzene rings is 2. The molecule has 170 valence electrons. The number of thiophene rings is 1. The topological polar surface area (TPSA) is 76.9 Å². The predicted molar refractivity (Wildman–Crippen MR) is 141 cm³/mol. The number of hydrogen-bond donors (Lipinski definition) is 1. The van der Waals surface area contributed by atoms with E-state index in [-0.39, 0.29) is 18.0 Å². The molecule has 0 aliphatic heterocycles. The van der Waals surface area contributed by atoms with Crippen LogP contribution in [0, 0.1) is 13.8 Å². The molecule has 0 aliphatic carbocycles. The van der Waals surface area contributed by atoms with Gasteiger partial charge in [0.25, 0.3) is 5.56 Å². The van der Waals surface area contributed by atoms with Gasteiger partial charge in [0.2, 0.25) is 5.91 Å². The number of anilines is 1. The highest BCUT2D eigenvalue weighted by atomic mass is 32.2. The molecule has 0 saturated carbocycles. The van der Waals surface area contributed by atoms with E-state index in [9.17, 15) is 9.59 Å². The number of aryl methyl sites for hydroxylation is 2. The Balaban J connectivity index is 1.46. The van der Waals surface area contributed by atoms with Crippen molar-refractivity contribution >= 4 is 55.1 Å². The molecule has 0 aliphatic rings. The predicted octanol–water partition coefficient (Wildman–Crippen LogP) is 5.65. The van der Waals surface area contributed by atoms with Crippen molar-refractivity contribution in [1.82, 2.24) is 14.5 Å². The SMILES string of the molecule is CSc1cccc(NC(=O)Cn2cnc3c(sc4nc(-c5ccc(C)c(C)c5)ccc43)c2=O)c1. The van der Waals surface area contributed by atoms with Crippen molar-refractivity contribution < 1.29 is 4.79 Å². The van der Waals surface area contributed by atoms with E-state index < -0.39 is 0 Å². The Morgan fingerprint density at radius 2 is 1.94 bits per heavy atom. The summed E-state index contributed by atoms with van der Waals surface area (Å²) in [5, 5.41) is 3.70. The molecule has 0 unspecified atom stereocenters. The molecule has 0 atom stereocenters. The van der Waals surface area contributed by atoms with Gasteiger partial charge in [-0.15, -0.1) is 23.1 Å². The molecule has 0 fully saturated rings. The van der Waals surface area contributed by atoms with Gasteiger partial charge in [-0.3, -0.25) is 14.2 Å². The quantitative estimate of drug-likeness (QED) is 0.325. The fourth-order valence-corrected chi connectivity index (χ4v) is 5.31. The largest absolute Gasteiger partial charge is 0.324 e. The molecule has 8 heteroatoms. The summed E-state index contributed by atoms with van der Waals surface area (Å²) in [6.07, 6.45) is 3.41. The average molecular weight is 487 g/mol. The molecule has 1 N–H and O–H groups in total. The van der Waals surface area contributed by atoms with Gasteiger partial charge < -0.3 is 5.32 Å². The highest BCUT2D eigenvalue weighted by Gasteiger charge is 2.15. The van der Waals surface area contributed by atoms with Crippen molar-refractivity contribution in [2.24, 2.45) is 0 Å². The fraction of sp³-hybridized carbons (Fsp3) is 0.154. The van der Waals surface area contributed by atoms with Crippen molar-refractivity contribution in [1.29, 1.82) is 0 Å². The maximum Gasteiger partial charge on any atom is 0.271 e. The first-order chi connectivity index (χ1) is 16.4. The van der Waals surface area contributed by atoms with E-state index in [1.165, 1.54) is 33.4 Å². The van der Waals surface area contributed by atoms with Crippen LogP contribution in [-0.4, -0.2) is 26.7 Å². The van der Waals surface area contributed by atoms with Crippen molar-refractivity contribution in [3.8, 4) is 11.3 Å². The van der Waals surface area contributed by atoms with Crippen LogP contribution < -0.4 is 10.9 Å². The van der Waals surface area contributed by atoms with Crippen LogP contribution in [0.1, 0.15) is 11.1 Å². The highest BCUT2D eigenvalue weighted by molar-refractivity contribution is 7.98. The highest BCUT2D eigenvalue weighted by Crippen LogP contribution is 2.31. The number of amides is 1. The lowest BCUT2D eigenvalue weighted by Gasteiger charge is -2.08. The number of aromatic nitrogens is 3. The number of hydrogen-bond acceptors (Lipinski definition) is 6. The maximum absolute atomic E-state index is 13.1. The Morgan fingerprint density at radius 1 is 1.09 bits per heavy atom. The molecule has 3 aromatic heterocycles. The normalized spacial score (nSPS) is 11.3. The molecular weight excluding hydrogens is 464 g/mol. The Morgan fingerprint density at radius 3 is 2.74 bits per heavy atom. The van der Waals surface area contributed by atoms with Gasteiger partial charge in [0.15, 0.2) is 0 Å². The van der Waals surface area contributed by atoms with Crippen LogP contribution in [-0.2, 0) is 11.3 Å². The first-order valence-electron chi connectivity index (χ1n) is 10.7. The molecule has 5 aromatic rings. The molecule has 0 radical (unpaired) electrons. The molecule has 0 saturated heterocycles. The van der Waals surface area contributed by atoms with Gasteiger partial charge >= 0.3 is 0 Å². The van der Waals surface area contributed by atoms with Crippen LogP contribution in [0.3, 0.4) is 0 Å². The Kier molecular flexibility index (Phi) is 5.93. The van der Waals surface area contributed by atoms with E-state index in [1.807, 2.05) is 42.7 Å². The first kappa shape index (κ1) is 22.3. The van der Waals surface area contributed by atoms with Gasteiger partial charge in [-0.2, -0.15) is 0 Å². The second-order valence-corrected chi connectivity index (χ2v) is 9.96. The Labute approximate surface area is 204 Å². The van der Waals surface area contributed by atoms with Gasteiger partial charge in [-0.25, -0.2) is 9.97 Å². The molecule has 2 aromatic carbocycles. The van der Waals surface area contributed by atoms with Crippen molar-refractivity contribution in [2.75, 3.05) is 11.6 Å². The second kappa shape index (κ2) is 9.04. The third-order valence-electron chi connectivity index (χ3n) is 5.78. The van der Waals surface area contributed by atoms with E-state index >= 15 is 0 Å². The summed E-state index contributed by atoms with van der Waals surface area (Å²) < 4.78 is 1.84. The van der Waals surface area contributed by atoms with Gasteiger partial charge in [0.1, 0.15) is 16.1 Å². The molecule has 1 amide bonds. The minimum atomic E-state index is -0.280. The van der Waals surface area contributed by atoms with Crippen LogP contribution in [0.15, 0.2) is 70.6 Å². The zero-order valence-corrected chi connectivity index (χ0v) is 20.6. The molecule has 0 spiro atoms. The summed E-state index contributed by atoms with van der Waals surface area (Å²) in [4.78, 5) is 36.8. The molecule has 3 heterocycles. The van der Waals surface area contributed by atoms with Crippen LogP contribution in [0.25, 0.3) is 31.7 Å². The first-order valence-corrected chi connectivity index (χ1v) is 12.8. The van der Waals surface area contributed by atoms with E-state index in [1.54, 1.807) is 11.8 Å². The number of nitrogens with one attached hydrogen (secondary N) is 1.